The molecule has 0 aromatic carbocycles. The van der Waals surface area contributed by atoms with Crippen molar-refractivity contribution in [3.8, 4) is 0 Å². The monoisotopic (exact) mass is 473 g/mol. The average Bonchev–Trinajstić information content (AvgIpc) is 3.58. The van der Waals surface area contributed by atoms with E-state index in [-0.39, 0.29) is 0 Å². The highest BCUT2D eigenvalue weighted by atomic mass is 14.9. The van der Waals surface area contributed by atoms with Crippen molar-refractivity contribution < 1.29 is 0 Å². The molecule has 5 unspecified atom stereocenters. The van der Waals surface area contributed by atoms with Crippen LogP contribution >= 0.6 is 0 Å². The molecule has 0 aromatic rings. The second-order valence-corrected chi connectivity index (χ2v) is 14.1. The van der Waals surface area contributed by atoms with Gasteiger partial charge in [0.15, 0.2) is 0 Å². The maximum Gasteiger partial charge on any atom is 0.00696 e. The van der Waals surface area contributed by atoms with Crippen LogP contribution in [0, 0.1) is 47.3 Å². The van der Waals surface area contributed by atoms with E-state index in [1.807, 2.05) is 0 Å². The fraction of sp³-hybridized carbons (Fsp3) is 1.00. The Bertz CT molecular complexity index is 533. The van der Waals surface area contributed by atoms with E-state index < -0.39 is 0 Å². The molecule has 0 spiro atoms. The van der Waals surface area contributed by atoms with E-state index in [0.29, 0.717) is 6.04 Å². The van der Waals surface area contributed by atoms with Gasteiger partial charge >= 0.3 is 0 Å². The fourth-order valence-electron chi connectivity index (χ4n) is 7.98. The van der Waals surface area contributed by atoms with Crippen molar-refractivity contribution in [3.05, 3.63) is 0 Å². The summed E-state index contributed by atoms with van der Waals surface area (Å²) in [5.41, 5.74) is 0. The number of hydrogen-bond donors (Lipinski definition) is 1. The number of nitrogens with one attached hydrogen (secondary N) is 1. The van der Waals surface area contributed by atoms with Crippen LogP contribution in [0.1, 0.15) is 151 Å². The molecular weight excluding hydrogens is 410 g/mol. The van der Waals surface area contributed by atoms with Crippen molar-refractivity contribution in [2.75, 3.05) is 0 Å². The lowest BCUT2D eigenvalue weighted by atomic mass is 9.73. The first-order valence-electron chi connectivity index (χ1n) is 16.1. The molecule has 7 atom stereocenters. The zero-order valence-electron chi connectivity index (χ0n) is 24.3. The van der Waals surface area contributed by atoms with Gasteiger partial charge in [-0.05, 0) is 85.9 Å². The lowest BCUT2D eigenvalue weighted by molar-refractivity contribution is 0.173. The second-order valence-electron chi connectivity index (χ2n) is 14.1. The van der Waals surface area contributed by atoms with E-state index in [2.05, 4.69) is 46.9 Å². The van der Waals surface area contributed by atoms with E-state index in [0.717, 1.165) is 53.4 Å². The summed E-state index contributed by atoms with van der Waals surface area (Å²) in [6, 6.07) is 1.44. The van der Waals surface area contributed by atoms with Gasteiger partial charge in [-0.1, -0.05) is 112 Å². The summed E-state index contributed by atoms with van der Waals surface area (Å²) in [6.07, 6.45) is 25.3. The summed E-state index contributed by atoms with van der Waals surface area (Å²) in [7, 11) is 0. The highest BCUT2D eigenvalue weighted by Gasteiger charge is 2.45. The van der Waals surface area contributed by atoms with Gasteiger partial charge in [-0.3, -0.25) is 0 Å². The molecule has 3 saturated carbocycles. The van der Waals surface area contributed by atoms with E-state index in [4.69, 9.17) is 0 Å². The Labute approximate surface area is 215 Å². The molecule has 34 heavy (non-hydrogen) atoms. The van der Waals surface area contributed by atoms with Gasteiger partial charge < -0.3 is 5.32 Å². The number of unbranched alkanes of at least 4 members (excludes halogenated alkanes) is 1. The summed E-state index contributed by atoms with van der Waals surface area (Å²) in [4.78, 5) is 0. The molecule has 3 aliphatic carbocycles. The molecule has 0 amide bonds. The Balaban J connectivity index is 1.20. The summed E-state index contributed by atoms with van der Waals surface area (Å²) < 4.78 is 0. The molecular formula is C33H63N. The van der Waals surface area contributed by atoms with Crippen molar-refractivity contribution in [1.29, 1.82) is 0 Å². The van der Waals surface area contributed by atoms with Gasteiger partial charge in [-0.15, -0.1) is 0 Å². The maximum absolute atomic E-state index is 3.76. The molecule has 0 heterocycles. The molecule has 0 aliphatic heterocycles. The predicted octanol–water partition coefficient (Wildman–Crippen LogP) is 10.0. The summed E-state index contributed by atoms with van der Waals surface area (Å²) in [6.45, 7) is 14.6. The van der Waals surface area contributed by atoms with Gasteiger partial charge in [0.1, 0.15) is 0 Å². The quantitative estimate of drug-likeness (QED) is 0.233. The van der Waals surface area contributed by atoms with Crippen LogP contribution in [0.5, 0.6) is 0 Å². The van der Waals surface area contributed by atoms with Crippen LogP contribution in [0.3, 0.4) is 0 Å². The normalized spacial score (nSPS) is 35.9. The van der Waals surface area contributed by atoms with Gasteiger partial charge in [0.05, 0.1) is 0 Å². The number of hydrogen-bond acceptors (Lipinski definition) is 1. The van der Waals surface area contributed by atoms with Crippen molar-refractivity contribution in [3.63, 3.8) is 0 Å². The van der Waals surface area contributed by atoms with Crippen LogP contribution in [-0.4, -0.2) is 12.1 Å². The predicted molar refractivity (Wildman–Crippen MR) is 151 cm³/mol. The standard InChI is InChI=1S/C33H63N/c1-7-28(16-17-29-18-20-31(21-19-29)34-24(2)3)15-13-25(4)10-8-9-11-30-23-33(30)32-22-26(5)12-14-27(32)6/h24-34H,7-23H2,1-6H3/t25-,26?,27?,28+,29?,30?,31?,32?,33?/m1/s1. The van der Waals surface area contributed by atoms with Crippen LogP contribution in [0.4, 0.5) is 0 Å². The Morgan fingerprint density at radius 2 is 1.50 bits per heavy atom. The molecule has 0 bridgehead atoms. The largest absolute Gasteiger partial charge is 0.312 e. The third-order valence-electron chi connectivity index (χ3n) is 10.6. The van der Waals surface area contributed by atoms with Gasteiger partial charge in [0.25, 0.3) is 0 Å². The first-order valence-corrected chi connectivity index (χ1v) is 16.1. The average molecular weight is 474 g/mol. The summed E-state index contributed by atoms with van der Waals surface area (Å²) >= 11 is 0. The topological polar surface area (TPSA) is 12.0 Å². The van der Waals surface area contributed by atoms with E-state index in [1.54, 1.807) is 12.8 Å². The Morgan fingerprint density at radius 1 is 0.735 bits per heavy atom. The Kier molecular flexibility index (Phi) is 12.3. The molecule has 1 nitrogen and oxygen atoms in total. The lowest BCUT2D eigenvalue weighted by Crippen LogP contribution is -2.37. The molecule has 3 fully saturated rings. The smallest absolute Gasteiger partial charge is 0.00696 e. The Morgan fingerprint density at radius 3 is 2.21 bits per heavy atom. The summed E-state index contributed by atoms with van der Waals surface area (Å²) in [5, 5.41) is 3.76. The van der Waals surface area contributed by atoms with Gasteiger partial charge in [0, 0.05) is 12.1 Å². The minimum atomic E-state index is 0.646. The second kappa shape index (κ2) is 14.6. The van der Waals surface area contributed by atoms with E-state index in [9.17, 15) is 0 Å². The van der Waals surface area contributed by atoms with Crippen molar-refractivity contribution in [2.24, 2.45) is 47.3 Å². The third kappa shape index (κ3) is 9.78. The van der Waals surface area contributed by atoms with Crippen molar-refractivity contribution in [2.45, 2.75) is 163 Å². The number of rotatable bonds is 15. The zero-order chi connectivity index (χ0) is 24.5. The third-order valence-corrected chi connectivity index (χ3v) is 10.6. The molecule has 0 radical (unpaired) electrons. The van der Waals surface area contributed by atoms with Crippen molar-refractivity contribution >= 4 is 0 Å². The van der Waals surface area contributed by atoms with Gasteiger partial charge in [-0.25, -0.2) is 0 Å². The van der Waals surface area contributed by atoms with Gasteiger partial charge in [0.2, 0.25) is 0 Å². The van der Waals surface area contributed by atoms with Crippen molar-refractivity contribution in [1.82, 2.24) is 5.32 Å². The molecule has 0 saturated heterocycles. The summed E-state index contributed by atoms with van der Waals surface area (Å²) in [5.74, 6) is 8.25. The maximum atomic E-state index is 3.76. The van der Waals surface area contributed by atoms with E-state index >= 15 is 0 Å². The van der Waals surface area contributed by atoms with Crippen LogP contribution in [0.2, 0.25) is 0 Å². The first-order chi connectivity index (χ1) is 16.4. The Hall–Kier alpha value is -0.0400. The SMILES string of the molecule is CC[C@H](CCC1CCC(NC(C)C)CC1)CC[C@H](C)CCCCC1CC1C1CC(C)CCC1C. The molecule has 200 valence electrons. The fourth-order valence-corrected chi connectivity index (χ4v) is 7.98. The minimum absolute atomic E-state index is 0.646. The minimum Gasteiger partial charge on any atom is -0.312 e. The van der Waals surface area contributed by atoms with Crippen LogP contribution in [-0.2, 0) is 0 Å². The van der Waals surface area contributed by atoms with Gasteiger partial charge in [-0.2, -0.15) is 0 Å². The highest BCUT2D eigenvalue weighted by molar-refractivity contribution is 4.95. The molecule has 0 aromatic heterocycles. The first kappa shape index (κ1) is 28.5. The highest BCUT2D eigenvalue weighted by Crippen LogP contribution is 2.54. The van der Waals surface area contributed by atoms with Crippen LogP contribution in [0.15, 0.2) is 0 Å². The van der Waals surface area contributed by atoms with E-state index in [1.165, 1.54) is 96.3 Å². The zero-order valence-corrected chi connectivity index (χ0v) is 24.3. The molecule has 3 aliphatic rings. The van der Waals surface area contributed by atoms with Crippen LogP contribution in [0.25, 0.3) is 0 Å². The lowest BCUT2D eigenvalue weighted by Gasteiger charge is -2.33. The molecule has 1 heteroatoms. The molecule has 3 rings (SSSR count). The van der Waals surface area contributed by atoms with Crippen LogP contribution < -0.4 is 5.32 Å². The molecule has 1 N–H and O–H groups in total.